The molecule has 3 aromatic heterocycles. The van der Waals surface area contributed by atoms with Gasteiger partial charge in [0.1, 0.15) is 5.75 Å². The van der Waals surface area contributed by atoms with Crippen LogP contribution < -0.4 is 0 Å². The molecule has 6 nitrogen and oxygen atoms in total. The smallest absolute Gasteiger partial charge is 0.269 e. The van der Waals surface area contributed by atoms with Crippen molar-refractivity contribution in [2.45, 2.75) is 11.8 Å². The molecule has 5 rings (SSSR count). The Balaban J connectivity index is 1.86. The van der Waals surface area contributed by atoms with Crippen molar-refractivity contribution in [1.82, 2.24) is 13.9 Å². The minimum Gasteiger partial charge on any atom is -0.508 e. The lowest BCUT2D eigenvalue weighted by Crippen LogP contribution is -2.14. The minimum absolute atomic E-state index is 0.112. The molecule has 0 atom stereocenters. The van der Waals surface area contributed by atoms with Gasteiger partial charge in [0.2, 0.25) is 0 Å². The summed E-state index contributed by atoms with van der Waals surface area (Å²) in [7, 11) is -3.90. The summed E-state index contributed by atoms with van der Waals surface area (Å²) < 4.78 is 28.5. The summed E-state index contributed by atoms with van der Waals surface area (Å²) in [4.78, 5) is 7.68. The lowest BCUT2D eigenvalue weighted by atomic mass is 10.1. The average molecular weight is 403 g/mol. The summed E-state index contributed by atoms with van der Waals surface area (Å²) in [6.07, 6.45) is 3.33. The Morgan fingerprint density at radius 2 is 1.83 bits per heavy atom. The van der Waals surface area contributed by atoms with Gasteiger partial charge in [0.15, 0.2) is 5.65 Å². The van der Waals surface area contributed by atoms with Crippen LogP contribution in [0.4, 0.5) is 0 Å². The Morgan fingerprint density at radius 3 is 2.62 bits per heavy atom. The Hall–Kier alpha value is -3.58. The van der Waals surface area contributed by atoms with E-state index in [1.54, 1.807) is 67.0 Å². The fourth-order valence-corrected chi connectivity index (χ4v) is 5.06. The van der Waals surface area contributed by atoms with E-state index in [2.05, 4.69) is 9.97 Å². The van der Waals surface area contributed by atoms with Crippen molar-refractivity contribution in [2.75, 3.05) is 0 Å². The maximum absolute atomic E-state index is 13.6. The molecule has 29 heavy (non-hydrogen) atoms. The zero-order chi connectivity index (χ0) is 20.2. The van der Waals surface area contributed by atoms with Gasteiger partial charge in [0, 0.05) is 34.2 Å². The second-order valence-electron chi connectivity index (χ2n) is 6.96. The van der Waals surface area contributed by atoms with Gasteiger partial charge in [-0.15, -0.1) is 0 Å². The van der Waals surface area contributed by atoms with E-state index in [1.807, 2.05) is 13.0 Å². The van der Waals surface area contributed by atoms with E-state index >= 15 is 0 Å². The van der Waals surface area contributed by atoms with Crippen LogP contribution in [0.1, 0.15) is 5.56 Å². The molecule has 144 valence electrons. The number of nitrogens with one attached hydrogen (secondary N) is 1. The number of rotatable bonds is 3. The highest BCUT2D eigenvalue weighted by molar-refractivity contribution is 7.90. The SMILES string of the molecule is Cc1ccc(S(=O)(=O)n2c(-c3c[nH]c4ccc(O)cc34)cc3cccnc32)cc1. The second-order valence-corrected chi connectivity index (χ2v) is 8.75. The maximum atomic E-state index is 13.6. The Labute approximate surface area is 167 Å². The van der Waals surface area contributed by atoms with E-state index in [-0.39, 0.29) is 10.6 Å². The number of pyridine rings is 1. The number of benzene rings is 2. The lowest BCUT2D eigenvalue weighted by molar-refractivity contribution is 0.476. The summed E-state index contributed by atoms with van der Waals surface area (Å²) in [5, 5.41) is 11.4. The molecule has 0 amide bonds. The number of aromatic nitrogens is 3. The molecule has 0 saturated carbocycles. The number of phenolic OH excluding ortho intramolecular Hbond substituents is 1. The zero-order valence-electron chi connectivity index (χ0n) is 15.5. The molecule has 5 aromatic rings. The summed E-state index contributed by atoms with van der Waals surface area (Å²) in [5.41, 5.74) is 3.29. The standard InChI is InChI=1S/C22H17N3O3S/c1-14-4-7-17(8-5-14)29(27,28)25-21(11-15-3-2-10-23-22(15)25)19-13-24-20-9-6-16(26)12-18(19)20/h2-13,24,26H,1H3. The summed E-state index contributed by atoms with van der Waals surface area (Å²) in [6.45, 7) is 1.91. The molecule has 3 heterocycles. The number of fused-ring (bicyclic) bond motifs is 2. The van der Waals surface area contributed by atoms with Gasteiger partial charge in [-0.2, -0.15) is 0 Å². The Kier molecular flexibility index (Phi) is 3.75. The largest absolute Gasteiger partial charge is 0.508 e. The zero-order valence-corrected chi connectivity index (χ0v) is 16.3. The third-order valence-corrected chi connectivity index (χ3v) is 6.74. The maximum Gasteiger partial charge on any atom is 0.269 e. The van der Waals surface area contributed by atoms with Gasteiger partial charge in [0.25, 0.3) is 10.0 Å². The third kappa shape index (κ3) is 2.70. The molecule has 0 aliphatic rings. The number of hydrogen-bond acceptors (Lipinski definition) is 4. The molecule has 2 N–H and O–H groups in total. The van der Waals surface area contributed by atoms with Gasteiger partial charge >= 0.3 is 0 Å². The van der Waals surface area contributed by atoms with E-state index in [0.717, 1.165) is 16.5 Å². The predicted octanol–water partition coefficient (Wildman–Crippen LogP) is 4.44. The van der Waals surface area contributed by atoms with Crippen molar-refractivity contribution in [2.24, 2.45) is 0 Å². The van der Waals surface area contributed by atoms with E-state index < -0.39 is 10.0 Å². The normalized spacial score (nSPS) is 12.0. The van der Waals surface area contributed by atoms with Crippen LogP contribution in [-0.4, -0.2) is 27.5 Å². The van der Waals surface area contributed by atoms with Crippen molar-refractivity contribution in [3.8, 4) is 17.0 Å². The third-order valence-electron chi connectivity index (χ3n) is 5.02. The molecule has 0 unspecified atom stereocenters. The van der Waals surface area contributed by atoms with Gasteiger partial charge in [-0.3, -0.25) is 0 Å². The lowest BCUT2D eigenvalue weighted by Gasteiger charge is -2.11. The Morgan fingerprint density at radius 1 is 1.03 bits per heavy atom. The number of hydrogen-bond donors (Lipinski definition) is 2. The highest BCUT2D eigenvalue weighted by Gasteiger charge is 2.25. The van der Waals surface area contributed by atoms with Crippen molar-refractivity contribution >= 4 is 32.0 Å². The molecule has 0 aliphatic heterocycles. The van der Waals surface area contributed by atoms with Crippen LogP contribution in [0, 0.1) is 6.92 Å². The molecule has 7 heteroatoms. The van der Waals surface area contributed by atoms with Crippen molar-refractivity contribution in [3.05, 3.63) is 78.6 Å². The molecule has 0 saturated heterocycles. The van der Waals surface area contributed by atoms with Crippen LogP contribution in [0.2, 0.25) is 0 Å². The molecule has 0 aliphatic carbocycles. The van der Waals surface area contributed by atoms with E-state index in [0.29, 0.717) is 22.3 Å². The number of phenols is 1. The predicted molar refractivity (Wildman–Crippen MR) is 112 cm³/mol. The second kappa shape index (κ2) is 6.22. The average Bonchev–Trinajstić information content (AvgIpc) is 3.29. The number of nitrogens with zero attached hydrogens (tertiary/aromatic N) is 2. The first-order valence-corrected chi connectivity index (χ1v) is 10.5. The highest BCUT2D eigenvalue weighted by Crippen LogP contribution is 2.36. The topological polar surface area (TPSA) is 88.0 Å². The van der Waals surface area contributed by atoms with Crippen LogP contribution in [0.15, 0.2) is 78.0 Å². The minimum atomic E-state index is -3.90. The highest BCUT2D eigenvalue weighted by atomic mass is 32.2. The number of aryl methyl sites for hydroxylation is 1. The molecular formula is C22H17N3O3S. The van der Waals surface area contributed by atoms with Crippen LogP contribution >= 0.6 is 0 Å². The molecule has 0 bridgehead atoms. The fraction of sp³-hybridized carbons (Fsp3) is 0.0455. The monoisotopic (exact) mass is 403 g/mol. The summed E-state index contributed by atoms with van der Waals surface area (Å²) in [6, 6.07) is 17.1. The van der Waals surface area contributed by atoms with Crippen molar-refractivity contribution in [3.63, 3.8) is 0 Å². The molecule has 0 radical (unpaired) electrons. The summed E-state index contributed by atoms with van der Waals surface area (Å²) in [5.74, 6) is 0.112. The van der Waals surface area contributed by atoms with Crippen LogP contribution in [0.5, 0.6) is 5.75 Å². The van der Waals surface area contributed by atoms with Crippen LogP contribution in [0.25, 0.3) is 33.2 Å². The number of aromatic hydroxyl groups is 1. The molecular weight excluding hydrogens is 386 g/mol. The van der Waals surface area contributed by atoms with Crippen LogP contribution in [-0.2, 0) is 10.0 Å². The van der Waals surface area contributed by atoms with Gasteiger partial charge in [-0.05, 0) is 55.5 Å². The quantitative estimate of drug-likeness (QED) is 0.466. The van der Waals surface area contributed by atoms with Crippen LogP contribution in [0.3, 0.4) is 0 Å². The molecule has 0 spiro atoms. The van der Waals surface area contributed by atoms with Crippen molar-refractivity contribution in [1.29, 1.82) is 0 Å². The van der Waals surface area contributed by atoms with Crippen molar-refractivity contribution < 1.29 is 13.5 Å². The van der Waals surface area contributed by atoms with Gasteiger partial charge in [-0.1, -0.05) is 17.7 Å². The van der Waals surface area contributed by atoms with E-state index in [1.165, 1.54) is 3.97 Å². The summed E-state index contributed by atoms with van der Waals surface area (Å²) >= 11 is 0. The number of H-pyrrole nitrogens is 1. The van der Waals surface area contributed by atoms with Gasteiger partial charge in [0.05, 0.1) is 10.6 Å². The first kappa shape index (κ1) is 17.5. The fourth-order valence-electron chi connectivity index (χ4n) is 3.58. The van der Waals surface area contributed by atoms with Gasteiger partial charge < -0.3 is 10.1 Å². The van der Waals surface area contributed by atoms with E-state index in [4.69, 9.17) is 0 Å². The van der Waals surface area contributed by atoms with E-state index in [9.17, 15) is 13.5 Å². The first-order valence-electron chi connectivity index (χ1n) is 9.04. The Bertz CT molecular complexity index is 1480. The molecule has 2 aromatic carbocycles. The number of aromatic amines is 1. The first-order chi connectivity index (χ1) is 13.9. The van der Waals surface area contributed by atoms with Gasteiger partial charge in [-0.25, -0.2) is 17.4 Å². The molecule has 0 fully saturated rings.